The van der Waals surface area contributed by atoms with Gasteiger partial charge in [-0.25, -0.2) is 0 Å². The van der Waals surface area contributed by atoms with Gasteiger partial charge in [0.2, 0.25) is 0 Å². The fraction of sp³-hybridized carbons (Fsp3) is 0.481. The topological polar surface area (TPSA) is 97.6 Å². The molecule has 1 aliphatic heterocycles. The van der Waals surface area contributed by atoms with Gasteiger partial charge in [0.1, 0.15) is 11.4 Å². The van der Waals surface area contributed by atoms with Gasteiger partial charge in [-0.05, 0) is 30.2 Å². The highest BCUT2D eigenvalue weighted by Crippen LogP contribution is 2.34. The maximum absolute atomic E-state index is 10.8. The molecule has 1 heterocycles. The predicted octanol–water partition coefficient (Wildman–Crippen LogP) is 3.01. The van der Waals surface area contributed by atoms with Crippen molar-refractivity contribution < 1.29 is 34.3 Å². The van der Waals surface area contributed by atoms with Crippen molar-refractivity contribution in [2.75, 3.05) is 20.3 Å². The number of rotatable bonds is 12. The van der Waals surface area contributed by atoms with E-state index in [1.165, 1.54) is 12.2 Å². The summed E-state index contributed by atoms with van der Waals surface area (Å²) in [5.74, 6) is 0.784. The number of aliphatic hydroxyl groups excluding tert-OH is 3. The summed E-state index contributed by atoms with van der Waals surface area (Å²) in [5, 5.41) is 29.9. The number of methoxy groups -OCH3 is 1. The van der Waals surface area contributed by atoms with E-state index in [2.05, 4.69) is 0 Å². The third-order valence-corrected chi connectivity index (χ3v) is 6.03. The van der Waals surface area contributed by atoms with Crippen molar-refractivity contribution in [3.05, 3.63) is 77.9 Å². The van der Waals surface area contributed by atoms with Crippen molar-refractivity contribution in [2.24, 2.45) is 0 Å². The van der Waals surface area contributed by atoms with Crippen LogP contribution in [0.5, 0.6) is 5.75 Å². The summed E-state index contributed by atoms with van der Waals surface area (Å²) >= 11 is 0. The van der Waals surface area contributed by atoms with E-state index in [0.29, 0.717) is 19.6 Å². The molecule has 0 amide bonds. The molecule has 0 aromatic heterocycles. The van der Waals surface area contributed by atoms with Gasteiger partial charge in [-0.15, -0.1) is 0 Å². The zero-order valence-electron chi connectivity index (χ0n) is 19.9. The molecule has 0 aliphatic carbocycles. The van der Waals surface area contributed by atoms with Crippen LogP contribution in [0.2, 0.25) is 0 Å². The summed E-state index contributed by atoms with van der Waals surface area (Å²) in [5.41, 5.74) is 1.21. The largest absolute Gasteiger partial charge is 0.497 e. The summed E-state index contributed by atoms with van der Waals surface area (Å²) in [4.78, 5) is 0. The second kappa shape index (κ2) is 13.0. The lowest BCUT2D eigenvalue weighted by atomic mass is 9.87. The lowest BCUT2D eigenvalue weighted by molar-refractivity contribution is -0.254. The highest BCUT2D eigenvalue weighted by Gasteiger charge is 2.47. The van der Waals surface area contributed by atoms with Crippen LogP contribution in [0.25, 0.3) is 0 Å². The quantitative estimate of drug-likeness (QED) is 0.409. The normalized spacial score (nSPS) is 26.0. The first-order valence-corrected chi connectivity index (χ1v) is 11.6. The molecule has 186 valence electrons. The van der Waals surface area contributed by atoms with Crippen LogP contribution in [0.1, 0.15) is 30.9 Å². The molecular formula is C27H36O7. The molecule has 0 saturated carbocycles. The Bertz CT molecular complexity index is 870. The third-order valence-electron chi connectivity index (χ3n) is 6.03. The van der Waals surface area contributed by atoms with Gasteiger partial charge in [-0.2, -0.15) is 0 Å². The van der Waals surface area contributed by atoms with Crippen molar-refractivity contribution in [2.45, 2.75) is 63.0 Å². The number of aliphatic hydroxyl groups is 3. The zero-order chi connectivity index (χ0) is 24.4. The number of benzene rings is 2. The van der Waals surface area contributed by atoms with Gasteiger partial charge >= 0.3 is 0 Å². The number of ether oxygens (including phenoxy) is 4. The maximum Gasteiger partial charge on any atom is 0.118 e. The minimum atomic E-state index is -0.835. The highest BCUT2D eigenvalue weighted by atomic mass is 16.6. The van der Waals surface area contributed by atoms with Gasteiger partial charge < -0.3 is 34.3 Å². The van der Waals surface area contributed by atoms with Crippen molar-refractivity contribution >= 4 is 0 Å². The Hall–Kier alpha value is -2.26. The van der Waals surface area contributed by atoms with E-state index in [9.17, 15) is 10.2 Å². The molecule has 3 N–H and O–H groups in total. The summed E-state index contributed by atoms with van der Waals surface area (Å²) in [6.07, 6.45) is 0.914. The Morgan fingerprint density at radius 2 is 1.79 bits per heavy atom. The molecule has 7 heteroatoms. The van der Waals surface area contributed by atoms with E-state index in [1.54, 1.807) is 7.11 Å². The second-order valence-corrected chi connectivity index (χ2v) is 8.81. The highest BCUT2D eigenvalue weighted by molar-refractivity contribution is 5.26. The summed E-state index contributed by atoms with van der Waals surface area (Å²) in [6, 6.07) is 17.5. The van der Waals surface area contributed by atoms with E-state index < -0.39 is 30.0 Å². The van der Waals surface area contributed by atoms with Crippen LogP contribution in [0, 0.1) is 0 Å². The van der Waals surface area contributed by atoms with Crippen LogP contribution in [-0.4, -0.2) is 65.7 Å². The molecule has 2 aromatic carbocycles. The molecule has 1 saturated heterocycles. The van der Waals surface area contributed by atoms with Crippen LogP contribution in [0.3, 0.4) is 0 Å². The smallest absolute Gasteiger partial charge is 0.118 e. The van der Waals surface area contributed by atoms with Crippen molar-refractivity contribution in [1.29, 1.82) is 0 Å². The Kier molecular flexibility index (Phi) is 10.1. The van der Waals surface area contributed by atoms with Crippen LogP contribution >= 0.6 is 0 Å². The first kappa shape index (κ1) is 26.3. The monoisotopic (exact) mass is 472 g/mol. The summed E-state index contributed by atoms with van der Waals surface area (Å²) in [6.45, 7) is 2.80. The molecule has 0 spiro atoms. The molecular weight excluding hydrogens is 436 g/mol. The van der Waals surface area contributed by atoms with Gasteiger partial charge in [0.05, 0.1) is 58.0 Å². The molecule has 1 unspecified atom stereocenters. The van der Waals surface area contributed by atoms with Gasteiger partial charge in [-0.3, -0.25) is 0 Å². The molecule has 0 bridgehead atoms. The first-order valence-electron chi connectivity index (χ1n) is 11.6. The second-order valence-electron chi connectivity index (χ2n) is 8.81. The average molecular weight is 473 g/mol. The van der Waals surface area contributed by atoms with Gasteiger partial charge in [-0.1, -0.05) is 54.6 Å². The standard InChI is InChI=1S/C27H36O7/c1-27(19-32-17-21-10-12-23(31-2)13-11-21)26(33-18-20-7-4-3-5-8-20)16-24(30)25(34-27)15-22(29)9-6-14-28/h3-13,22,24-26,28-30H,14-19H2,1-2H3/b9-6-/t22?,24-,25+,26+,27-/m1/s1. The minimum absolute atomic E-state index is 0.155. The van der Waals surface area contributed by atoms with E-state index in [4.69, 9.17) is 24.1 Å². The predicted molar refractivity (Wildman–Crippen MR) is 128 cm³/mol. The zero-order valence-corrected chi connectivity index (χ0v) is 19.9. The molecule has 34 heavy (non-hydrogen) atoms. The van der Waals surface area contributed by atoms with E-state index >= 15 is 0 Å². The third kappa shape index (κ3) is 7.63. The lowest BCUT2D eigenvalue weighted by Crippen LogP contribution is -2.58. The van der Waals surface area contributed by atoms with Gasteiger partial charge in [0, 0.05) is 12.8 Å². The van der Waals surface area contributed by atoms with Gasteiger partial charge in [0.15, 0.2) is 0 Å². The minimum Gasteiger partial charge on any atom is -0.497 e. The van der Waals surface area contributed by atoms with E-state index in [1.807, 2.05) is 61.5 Å². The fourth-order valence-corrected chi connectivity index (χ4v) is 4.10. The Labute approximate surface area is 201 Å². The number of hydrogen-bond acceptors (Lipinski definition) is 7. The molecule has 2 aromatic rings. The number of hydrogen-bond donors (Lipinski definition) is 3. The Morgan fingerprint density at radius 1 is 1.09 bits per heavy atom. The van der Waals surface area contributed by atoms with E-state index in [-0.39, 0.29) is 19.6 Å². The van der Waals surface area contributed by atoms with Crippen LogP contribution < -0.4 is 4.74 Å². The first-order chi connectivity index (χ1) is 16.4. The molecule has 1 fully saturated rings. The average Bonchev–Trinajstić information content (AvgIpc) is 2.85. The van der Waals surface area contributed by atoms with Crippen LogP contribution in [0.15, 0.2) is 66.7 Å². The fourth-order valence-electron chi connectivity index (χ4n) is 4.10. The van der Waals surface area contributed by atoms with Crippen LogP contribution in [-0.2, 0) is 27.4 Å². The Morgan fingerprint density at radius 3 is 2.47 bits per heavy atom. The molecule has 1 aliphatic rings. The SMILES string of the molecule is COc1ccc(COC[C@@]2(C)O[C@@H](CC(O)/C=C\CO)[C@H](O)C[C@@H]2OCc2ccccc2)cc1. The molecule has 7 nitrogen and oxygen atoms in total. The van der Waals surface area contributed by atoms with Crippen molar-refractivity contribution in [3.63, 3.8) is 0 Å². The molecule has 0 radical (unpaired) electrons. The summed E-state index contributed by atoms with van der Waals surface area (Å²) < 4.78 is 23.8. The van der Waals surface area contributed by atoms with Crippen molar-refractivity contribution in [3.8, 4) is 5.75 Å². The van der Waals surface area contributed by atoms with Crippen LogP contribution in [0.4, 0.5) is 0 Å². The van der Waals surface area contributed by atoms with Crippen molar-refractivity contribution in [1.82, 2.24) is 0 Å². The maximum atomic E-state index is 10.8. The van der Waals surface area contributed by atoms with E-state index in [0.717, 1.165) is 16.9 Å². The molecule has 5 atom stereocenters. The van der Waals surface area contributed by atoms with Gasteiger partial charge in [0.25, 0.3) is 0 Å². The summed E-state index contributed by atoms with van der Waals surface area (Å²) in [7, 11) is 1.63. The lowest BCUT2D eigenvalue weighted by Gasteiger charge is -2.46. The molecule has 3 rings (SSSR count). The Balaban J connectivity index is 1.67.